The summed E-state index contributed by atoms with van der Waals surface area (Å²) in [6.45, 7) is 3.33. The summed E-state index contributed by atoms with van der Waals surface area (Å²) in [4.78, 5) is 20.3. The Morgan fingerprint density at radius 1 is 1.33 bits per heavy atom. The number of nitrogens with one attached hydrogen (secondary N) is 1. The lowest BCUT2D eigenvalue weighted by molar-refractivity contribution is 0.0864. The van der Waals surface area contributed by atoms with Crippen LogP contribution in [0, 0.1) is 0 Å². The van der Waals surface area contributed by atoms with Gasteiger partial charge >= 0.3 is 0 Å². The number of hydrogen-bond donors (Lipinski definition) is 2. The first-order valence-electron chi connectivity index (χ1n) is 5.67. The minimum Gasteiger partial charge on any atom is -0.394 e. The number of benzene rings is 1. The van der Waals surface area contributed by atoms with E-state index in [0.717, 1.165) is 5.52 Å². The first-order chi connectivity index (χ1) is 8.52. The van der Waals surface area contributed by atoms with Gasteiger partial charge in [0.1, 0.15) is 5.69 Å². The van der Waals surface area contributed by atoms with E-state index in [1.807, 2.05) is 18.2 Å². The van der Waals surface area contributed by atoms with Crippen molar-refractivity contribution in [1.82, 2.24) is 15.3 Å². The molecular formula is C13H15N3O2. The average Bonchev–Trinajstić information content (AvgIpc) is 2.37. The topological polar surface area (TPSA) is 75.1 Å². The summed E-state index contributed by atoms with van der Waals surface area (Å²) >= 11 is 0. The minimum atomic E-state index is -0.676. The number of aromatic nitrogens is 2. The smallest absolute Gasteiger partial charge is 0.271 e. The molecule has 0 fully saturated rings. The van der Waals surface area contributed by atoms with Crippen molar-refractivity contribution < 1.29 is 9.90 Å². The molecule has 0 saturated carbocycles. The van der Waals surface area contributed by atoms with Crippen LogP contribution < -0.4 is 5.32 Å². The lowest BCUT2D eigenvalue weighted by Gasteiger charge is -2.23. The van der Waals surface area contributed by atoms with E-state index in [-0.39, 0.29) is 18.2 Å². The van der Waals surface area contributed by atoms with E-state index in [1.54, 1.807) is 19.9 Å². The molecule has 2 aromatic rings. The molecule has 1 aromatic heterocycles. The number of rotatable bonds is 3. The molecule has 5 heteroatoms. The average molecular weight is 245 g/mol. The van der Waals surface area contributed by atoms with E-state index in [9.17, 15) is 4.79 Å². The third-order valence-corrected chi connectivity index (χ3v) is 2.53. The van der Waals surface area contributed by atoms with Gasteiger partial charge in [-0.15, -0.1) is 0 Å². The van der Waals surface area contributed by atoms with Gasteiger partial charge in [-0.1, -0.05) is 12.1 Å². The predicted molar refractivity (Wildman–Crippen MR) is 68.2 cm³/mol. The van der Waals surface area contributed by atoms with Crippen LogP contribution in [0.15, 0.2) is 30.5 Å². The van der Waals surface area contributed by atoms with Crippen molar-refractivity contribution in [3.63, 3.8) is 0 Å². The molecule has 0 aliphatic rings. The monoisotopic (exact) mass is 245 g/mol. The number of hydrogen-bond acceptors (Lipinski definition) is 4. The van der Waals surface area contributed by atoms with Gasteiger partial charge in [0, 0.05) is 0 Å². The van der Waals surface area contributed by atoms with Crippen molar-refractivity contribution in [3.05, 3.63) is 36.2 Å². The van der Waals surface area contributed by atoms with Gasteiger partial charge in [0.2, 0.25) is 0 Å². The molecule has 0 aliphatic heterocycles. The van der Waals surface area contributed by atoms with Crippen LogP contribution in [0.3, 0.4) is 0 Å². The standard InChI is InChI=1S/C13H15N3O2/c1-13(2,8-17)16-12(18)11-7-14-9-5-3-4-6-10(9)15-11/h3-7,17H,8H2,1-2H3,(H,16,18). The number of fused-ring (bicyclic) bond motifs is 1. The quantitative estimate of drug-likeness (QED) is 0.850. The van der Waals surface area contributed by atoms with Crippen LogP contribution in [0.5, 0.6) is 0 Å². The molecule has 0 bridgehead atoms. The highest BCUT2D eigenvalue weighted by Crippen LogP contribution is 2.09. The number of amides is 1. The van der Waals surface area contributed by atoms with E-state index >= 15 is 0 Å². The van der Waals surface area contributed by atoms with Crippen molar-refractivity contribution in [2.24, 2.45) is 0 Å². The van der Waals surface area contributed by atoms with Crippen molar-refractivity contribution >= 4 is 16.9 Å². The fourth-order valence-electron chi connectivity index (χ4n) is 1.48. The highest BCUT2D eigenvalue weighted by Gasteiger charge is 2.21. The fourth-order valence-corrected chi connectivity index (χ4v) is 1.48. The highest BCUT2D eigenvalue weighted by atomic mass is 16.3. The second-order valence-electron chi connectivity index (χ2n) is 4.74. The Balaban J connectivity index is 2.28. The third-order valence-electron chi connectivity index (χ3n) is 2.53. The molecule has 2 rings (SSSR count). The van der Waals surface area contributed by atoms with E-state index in [1.165, 1.54) is 6.20 Å². The van der Waals surface area contributed by atoms with Crippen LogP contribution in [0.25, 0.3) is 11.0 Å². The van der Waals surface area contributed by atoms with Crippen molar-refractivity contribution in [3.8, 4) is 0 Å². The molecule has 1 aromatic carbocycles. The van der Waals surface area contributed by atoms with Gasteiger partial charge in [-0.2, -0.15) is 0 Å². The Labute approximate surface area is 105 Å². The summed E-state index contributed by atoms with van der Waals surface area (Å²) in [7, 11) is 0. The maximum atomic E-state index is 11.9. The molecule has 0 atom stereocenters. The molecular weight excluding hydrogens is 230 g/mol. The maximum absolute atomic E-state index is 11.9. The summed E-state index contributed by atoms with van der Waals surface area (Å²) in [6, 6.07) is 7.35. The Morgan fingerprint density at radius 3 is 2.67 bits per heavy atom. The van der Waals surface area contributed by atoms with Crippen LogP contribution in [-0.2, 0) is 0 Å². The zero-order valence-corrected chi connectivity index (χ0v) is 10.3. The largest absolute Gasteiger partial charge is 0.394 e. The van der Waals surface area contributed by atoms with Gasteiger partial charge in [0.25, 0.3) is 5.91 Å². The predicted octanol–water partition coefficient (Wildman–Crippen LogP) is 1.13. The van der Waals surface area contributed by atoms with Crippen molar-refractivity contribution in [2.75, 3.05) is 6.61 Å². The first-order valence-corrected chi connectivity index (χ1v) is 5.67. The molecule has 0 unspecified atom stereocenters. The molecule has 1 amide bonds. The summed E-state index contributed by atoms with van der Waals surface area (Å²) < 4.78 is 0. The molecule has 18 heavy (non-hydrogen) atoms. The number of aliphatic hydroxyl groups excluding tert-OH is 1. The van der Waals surface area contributed by atoms with Crippen molar-refractivity contribution in [2.45, 2.75) is 19.4 Å². The second-order valence-corrected chi connectivity index (χ2v) is 4.74. The summed E-state index contributed by atoms with van der Waals surface area (Å²) in [6.07, 6.45) is 1.44. The van der Waals surface area contributed by atoms with Crippen molar-refractivity contribution in [1.29, 1.82) is 0 Å². The summed E-state index contributed by atoms with van der Waals surface area (Å²) in [5.41, 5.74) is 0.988. The van der Waals surface area contributed by atoms with E-state index < -0.39 is 5.54 Å². The number of carbonyl (C=O) groups is 1. The zero-order chi connectivity index (χ0) is 13.2. The van der Waals surface area contributed by atoms with Crippen LogP contribution in [0.1, 0.15) is 24.3 Å². The highest BCUT2D eigenvalue weighted by molar-refractivity contribution is 5.94. The first kappa shape index (κ1) is 12.4. The van der Waals surface area contributed by atoms with Gasteiger partial charge in [0.15, 0.2) is 0 Å². The Morgan fingerprint density at radius 2 is 2.00 bits per heavy atom. The SMILES string of the molecule is CC(C)(CO)NC(=O)c1cnc2ccccc2n1. The molecule has 94 valence electrons. The van der Waals surface area contributed by atoms with E-state index in [4.69, 9.17) is 5.11 Å². The van der Waals surface area contributed by atoms with E-state index in [2.05, 4.69) is 15.3 Å². The van der Waals surface area contributed by atoms with Gasteiger partial charge in [0.05, 0.1) is 29.4 Å². The molecule has 5 nitrogen and oxygen atoms in total. The number of nitrogens with zero attached hydrogens (tertiary/aromatic N) is 2. The summed E-state index contributed by atoms with van der Waals surface area (Å²) in [5, 5.41) is 11.8. The maximum Gasteiger partial charge on any atom is 0.271 e. The second kappa shape index (κ2) is 4.70. The lowest BCUT2D eigenvalue weighted by atomic mass is 10.1. The molecule has 0 radical (unpaired) electrons. The Hall–Kier alpha value is -2.01. The van der Waals surface area contributed by atoms with Gasteiger partial charge in [-0.05, 0) is 26.0 Å². The van der Waals surface area contributed by atoms with Crippen LogP contribution in [0.4, 0.5) is 0 Å². The normalized spacial score (nSPS) is 11.5. The van der Waals surface area contributed by atoms with Crippen LogP contribution in [0.2, 0.25) is 0 Å². The number of carbonyl (C=O) groups excluding carboxylic acids is 1. The molecule has 0 aliphatic carbocycles. The fraction of sp³-hybridized carbons (Fsp3) is 0.308. The number of para-hydroxylation sites is 2. The van der Waals surface area contributed by atoms with Crippen LogP contribution >= 0.6 is 0 Å². The minimum absolute atomic E-state index is 0.139. The van der Waals surface area contributed by atoms with Gasteiger partial charge in [-0.3, -0.25) is 9.78 Å². The molecule has 0 saturated heterocycles. The Bertz CT molecular complexity index is 581. The Kier molecular flexibility index (Phi) is 3.25. The number of aliphatic hydroxyl groups is 1. The summed E-state index contributed by atoms with van der Waals surface area (Å²) in [5.74, 6) is -0.340. The van der Waals surface area contributed by atoms with Gasteiger partial charge in [-0.25, -0.2) is 4.98 Å². The third kappa shape index (κ3) is 2.62. The molecule has 0 spiro atoms. The van der Waals surface area contributed by atoms with Gasteiger partial charge < -0.3 is 10.4 Å². The lowest BCUT2D eigenvalue weighted by Crippen LogP contribution is -2.46. The zero-order valence-electron chi connectivity index (χ0n) is 10.3. The molecule has 1 heterocycles. The van der Waals surface area contributed by atoms with Crippen LogP contribution in [-0.4, -0.2) is 33.1 Å². The molecule has 2 N–H and O–H groups in total. The van der Waals surface area contributed by atoms with E-state index in [0.29, 0.717) is 5.52 Å².